The van der Waals surface area contributed by atoms with Gasteiger partial charge in [-0.05, 0) is 30.3 Å². The second-order valence-electron chi connectivity index (χ2n) is 3.89. The van der Waals surface area contributed by atoms with E-state index in [2.05, 4.69) is 0 Å². The molecule has 5 heteroatoms. The van der Waals surface area contributed by atoms with Crippen LogP contribution in [0.2, 0.25) is 5.02 Å². The molecule has 104 valence electrons. The number of carbonyl (C=O) groups is 1. The SMILES string of the molecule is COc1cccc(OC)c1Oc1ccc(Cl)cc1C=O. The molecular formula is C15H13ClO4. The van der Waals surface area contributed by atoms with Gasteiger partial charge in [0.15, 0.2) is 17.8 Å². The summed E-state index contributed by atoms with van der Waals surface area (Å²) in [4.78, 5) is 11.1. The summed E-state index contributed by atoms with van der Waals surface area (Å²) < 4.78 is 16.2. The third kappa shape index (κ3) is 2.86. The first-order chi connectivity index (χ1) is 9.69. The second kappa shape index (κ2) is 6.30. The van der Waals surface area contributed by atoms with Crippen LogP contribution in [0.5, 0.6) is 23.0 Å². The van der Waals surface area contributed by atoms with Gasteiger partial charge in [0.2, 0.25) is 5.75 Å². The summed E-state index contributed by atoms with van der Waals surface area (Å²) in [5.41, 5.74) is 0.352. The van der Waals surface area contributed by atoms with Gasteiger partial charge >= 0.3 is 0 Å². The molecule has 2 aromatic carbocycles. The van der Waals surface area contributed by atoms with E-state index in [0.717, 1.165) is 0 Å². The van der Waals surface area contributed by atoms with E-state index < -0.39 is 0 Å². The highest BCUT2D eigenvalue weighted by Crippen LogP contribution is 2.40. The maximum atomic E-state index is 11.1. The van der Waals surface area contributed by atoms with Crippen molar-refractivity contribution < 1.29 is 19.0 Å². The Bertz CT molecular complexity index is 603. The van der Waals surface area contributed by atoms with Crippen LogP contribution in [0.15, 0.2) is 36.4 Å². The lowest BCUT2D eigenvalue weighted by atomic mass is 10.2. The van der Waals surface area contributed by atoms with Crippen LogP contribution in [0.4, 0.5) is 0 Å². The van der Waals surface area contributed by atoms with Gasteiger partial charge in [0.25, 0.3) is 0 Å². The van der Waals surface area contributed by atoms with Crippen molar-refractivity contribution in [1.82, 2.24) is 0 Å². The molecule has 20 heavy (non-hydrogen) atoms. The highest BCUT2D eigenvalue weighted by molar-refractivity contribution is 6.30. The van der Waals surface area contributed by atoms with Gasteiger partial charge < -0.3 is 14.2 Å². The van der Waals surface area contributed by atoms with Gasteiger partial charge in [-0.2, -0.15) is 0 Å². The number of hydrogen-bond acceptors (Lipinski definition) is 4. The van der Waals surface area contributed by atoms with Crippen molar-refractivity contribution in [2.24, 2.45) is 0 Å². The van der Waals surface area contributed by atoms with E-state index in [1.807, 2.05) is 0 Å². The maximum absolute atomic E-state index is 11.1. The Morgan fingerprint density at radius 3 is 2.20 bits per heavy atom. The van der Waals surface area contributed by atoms with E-state index in [0.29, 0.717) is 39.9 Å². The molecule has 0 atom stereocenters. The standard InChI is InChI=1S/C15H13ClO4/c1-18-13-4-3-5-14(19-2)15(13)20-12-7-6-11(16)8-10(12)9-17/h3-9H,1-2H3. The third-order valence-corrected chi connectivity index (χ3v) is 2.93. The zero-order valence-electron chi connectivity index (χ0n) is 11.1. The molecule has 0 aliphatic carbocycles. The zero-order valence-corrected chi connectivity index (χ0v) is 11.8. The molecule has 0 saturated heterocycles. The number of rotatable bonds is 5. The van der Waals surface area contributed by atoms with Crippen molar-refractivity contribution in [3.05, 3.63) is 47.0 Å². The predicted octanol–water partition coefficient (Wildman–Crippen LogP) is 3.96. The van der Waals surface area contributed by atoms with Gasteiger partial charge in [-0.1, -0.05) is 17.7 Å². The van der Waals surface area contributed by atoms with Crippen LogP contribution in [-0.4, -0.2) is 20.5 Å². The minimum absolute atomic E-state index is 0.352. The number of ether oxygens (including phenoxy) is 3. The van der Waals surface area contributed by atoms with Crippen LogP contribution >= 0.6 is 11.6 Å². The molecule has 2 rings (SSSR count). The number of carbonyl (C=O) groups excluding carboxylic acids is 1. The van der Waals surface area contributed by atoms with Crippen molar-refractivity contribution in [3.8, 4) is 23.0 Å². The van der Waals surface area contributed by atoms with Gasteiger partial charge in [0.05, 0.1) is 19.8 Å². The molecule has 0 aliphatic heterocycles. The van der Waals surface area contributed by atoms with E-state index >= 15 is 0 Å². The molecule has 2 aromatic rings. The summed E-state index contributed by atoms with van der Waals surface area (Å²) in [6.07, 6.45) is 0.684. The average molecular weight is 293 g/mol. The van der Waals surface area contributed by atoms with E-state index in [9.17, 15) is 4.79 Å². The Labute approximate surface area is 121 Å². The third-order valence-electron chi connectivity index (χ3n) is 2.69. The van der Waals surface area contributed by atoms with Crippen LogP contribution in [0.3, 0.4) is 0 Å². The van der Waals surface area contributed by atoms with Gasteiger partial charge in [0.1, 0.15) is 5.75 Å². The van der Waals surface area contributed by atoms with E-state index in [1.165, 1.54) is 20.3 Å². The smallest absolute Gasteiger partial charge is 0.211 e. The summed E-state index contributed by atoms with van der Waals surface area (Å²) in [5.74, 6) is 1.81. The monoisotopic (exact) mass is 292 g/mol. The number of benzene rings is 2. The number of methoxy groups -OCH3 is 2. The normalized spacial score (nSPS) is 9.95. The summed E-state index contributed by atoms with van der Waals surface area (Å²) in [6, 6.07) is 10.1. The van der Waals surface area contributed by atoms with Crippen molar-refractivity contribution in [3.63, 3.8) is 0 Å². The van der Waals surface area contributed by atoms with Crippen molar-refractivity contribution >= 4 is 17.9 Å². The van der Waals surface area contributed by atoms with Crippen molar-refractivity contribution in [2.45, 2.75) is 0 Å². The van der Waals surface area contributed by atoms with Gasteiger partial charge in [-0.3, -0.25) is 4.79 Å². The number of aldehydes is 1. The van der Waals surface area contributed by atoms with Crippen molar-refractivity contribution in [2.75, 3.05) is 14.2 Å². The summed E-state index contributed by atoms with van der Waals surface area (Å²) >= 11 is 5.85. The second-order valence-corrected chi connectivity index (χ2v) is 4.33. The van der Waals surface area contributed by atoms with Crippen molar-refractivity contribution in [1.29, 1.82) is 0 Å². The predicted molar refractivity (Wildman–Crippen MR) is 76.5 cm³/mol. The molecule has 0 unspecified atom stereocenters. The van der Waals surface area contributed by atoms with Crippen LogP contribution in [0, 0.1) is 0 Å². The maximum Gasteiger partial charge on any atom is 0.211 e. The van der Waals surface area contributed by atoms with Gasteiger partial charge in [-0.25, -0.2) is 0 Å². The van der Waals surface area contributed by atoms with Gasteiger partial charge in [-0.15, -0.1) is 0 Å². The number of hydrogen-bond donors (Lipinski definition) is 0. The molecule has 0 spiro atoms. The lowest BCUT2D eigenvalue weighted by Crippen LogP contribution is -1.96. The Kier molecular flexibility index (Phi) is 4.48. The first kappa shape index (κ1) is 14.2. The lowest BCUT2D eigenvalue weighted by Gasteiger charge is -2.14. The highest BCUT2D eigenvalue weighted by Gasteiger charge is 2.14. The molecule has 0 radical (unpaired) electrons. The minimum Gasteiger partial charge on any atom is -0.493 e. The van der Waals surface area contributed by atoms with E-state index in [4.69, 9.17) is 25.8 Å². The Morgan fingerprint density at radius 2 is 1.65 bits per heavy atom. The van der Waals surface area contributed by atoms with Crippen LogP contribution in [0.1, 0.15) is 10.4 Å². The van der Waals surface area contributed by atoms with Crippen LogP contribution in [-0.2, 0) is 0 Å². The van der Waals surface area contributed by atoms with Crippen LogP contribution in [0.25, 0.3) is 0 Å². The summed E-state index contributed by atoms with van der Waals surface area (Å²) in [7, 11) is 3.06. The minimum atomic E-state index is 0.352. The molecule has 0 saturated carbocycles. The fourth-order valence-electron chi connectivity index (χ4n) is 1.73. The molecule has 0 bridgehead atoms. The molecule has 4 nitrogen and oxygen atoms in total. The molecule has 0 aliphatic rings. The average Bonchev–Trinajstić information content (AvgIpc) is 2.49. The first-order valence-corrected chi connectivity index (χ1v) is 6.21. The van der Waals surface area contributed by atoms with Crippen LogP contribution < -0.4 is 14.2 Å². The molecule has 0 aromatic heterocycles. The fraction of sp³-hybridized carbons (Fsp3) is 0.133. The largest absolute Gasteiger partial charge is 0.493 e. The van der Waals surface area contributed by atoms with Gasteiger partial charge in [0, 0.05) is 5.02 Å². The zero-order chi connectivity index (χ0) is 14.5. The highest BCUT2D eigenvalue weighted by atomic mass is 35.5. The van der Waals surface area contributed by atoms with E-state index in [-0.39, 0.29) is 0 Å². The summed E-state index contributed by atoms with van der Waals surface area (Å²) in [5, 5.41) is 0.464. The molecule has 0 amide bonds. The molecule has 0 fully saturated rings. The fourth-order valence-corrected chi connectivity index (χ4v) is 1.91. The topological polar surface area (TPSA) is 44.8 Å². The Hall–Kier alpha value is -2.20. The Balaban J connectivity index is 2.46. The summed E-state index contributed by atoms with van der Waals surface area (Å²) in [6.45, 7) is 0. The Morgan fingerprint density at radius 1 is 1.00 bits per heavy atom. The number of para-hydroxylation sites is 1. The van der Waals surface area contributed by atoms with E-state index in [1.54, 1.807) is 30.3 Å². The lowest BCUT2D eigenvalue weighted by molar-refractivity contribution is 0.112. The molecule has 0 heterocycles. The molecular weight excluding hydrogens is 280 g/mol. The first-order valence-electron chi connectivity index (χ1n) is 5.83. The number of halogens is 1. The molecule has 0 N–H and O–H groups in total. The quantitative estimate of drug-likeness (QED) is 0.782.